The molecule has 1 atom stereocenters. The first kappa shape index (κ1) is 18.5. The van der Waals surface area contributed by atoms with Crippen molar-refractivity contribution in [2.45, 2.75) is 17.4 Å². The molecule has 4 rings (SSSR count). The molecular formula is C19H16Cl2N2O3S. The van der Waals surface area contributed by atoms with Crippen LogP contribution in [0.2, 0.25) is 10.0 Å². The van der Waals surface area contributed by atoms with Gasteiger partial charge in [-0.15, -0.1) is 0 Å². The van der Waals surface area contributed by atoms with Crippen LogP contribution in [0.15, 0.2) is 59.6 Å². The number of sulfonamides is 1. The highest BCUT2D eigenvalue weighted by molar-refractivity contribution is 7.89. The molecule has 1 unspecified atom stereocenters. The van der Waals surface area contributed by atoms with Crippen molar-refractivity contribution in [1.29, 1.82) is 0 Å². The van der Waals surface area contributed by atoms with Crippen LogP contribution < -0.4 is 4.74 Å². The van der Waals surface area contributed by atoms with Crippen LogP contribution in [0.1, 0.15) is 6.42 Å². The summed E-state index contributed by atoms with van der Waals surface area (Å²) >= 11 is 12.2. The van der Waals surface area contributed by atoms with Gasteiger partial charge >= 0.3 is 0 Å². The van der Waals surface area contributed by atoms with Gasteiger partial charge in [-0.25, -0.2) is 8.42 Å². The lowest BCUT2D eigenvalue weighted by molar-refractivity contribution is 0.218. The Morgan fingerprint density at radius 1 is 1.04 bits per heavy atom. The third-order valence-electron chi connectivity index (χ3n) is 4.51. The van der Waals surface area contributed by atoms with E-state index in [9.17, 15) is 8.42 Å². The van der Waals surface area contributed by atoms with Crippen LogP contribution in [-0.4, -0.2) is 36.9 Å². The van der Waals surface area contributed by atoms with E-state index in [1.807, 2.05) is 30.3 Å². The average Bonchev–Trinajstić information content (AvgIpc) is 3.11. The Labute approximate surface area is 167 Å². The van der Waals surface area contributed by atoms with Crippen molar-refractivity contribution < 1.29 is 13.2 Å². The van der Waals surface area contributed by atoms with Gasteiger partial charge in [0.15, 0.2) is 0 Å². The zero-order valence-corrected chi connectivity index (χ0v) is 16.5. The van der Waals surface area contributed by atoms with E-state index in [4.69, 9.17) is 27.9 Å². The van der Waals surface area contributed by atoms with Crippen molar-refractivity contribution >= 4 is 44.1 Å². The van der Waals surface area contributed by atoms with Gasteiger partial charge in [0.1, 0.15) is 22.3 Å². The highest BCUT2D eigenvalue weighted by Crippen LogP contribution is 2.34. The quantitative estimate of drug-likeness (QED) is 0.625. The average molecular weight is 423 g/mol. The molecule has 1 saturated heterocycles. The monoisotopic (exact) mass is 422 g/mol. The standard InChI is InChI=1S/C19H16Cl2N2O3S/c20-15-6-2-7-16(21)19(15)27(24,25)23-11-9-14(12-23)26-17-8-1-4-13-5-3-10-22-18(13)17/h1-8,10,14H,9,11-12H2. The zero-order valence-electron chi connectivity index (χ0n) is 14.2. The predicted octanol–water partition coefficient (Wildman–Crippen LogP) is 4.38. The second-order valence-corrected chi connectivity index (χ2v) is 8.96. The van der Waals surface area contributed by atoms with Gasteiger partial charge in [-0.1, -0.05) is 47.5 Å². The molecule has 1 aliphatic heterocycles. The van der Waals surface area contributed by atoms with Crippen molar-refractivity contribution in [2.75, 3.05) is 13.1 Å². The van der Waals surface area contributed by atoms with Gasteiger partial charge in [0.2, 0.25) is 10.0 Å². The minimum atomic E-state index is -3.79. The second kappa shape index (κ2) is 7.28. The Morgan fingerprint density at radius 2 is 1.74 bits per heavy atom. The highest BCUT2D eigenvalue weighted by Gasteiger charge is 2.36. The van der Waals surface area contributed by atoms with Crippen LogP contribution in [0.3, 0.4) is 0 Å². The maximum absolute atomic E-state index is 13.0. The number of nitrogens with zero attached hydrogens (tertiary/aromatic N) is 2. The number of rotatable bonds is 4. The fourth-order valence-corrected chi connectivity index (χ4v) is 5.80. The molecule has 27 heavy (non-hydrogen) atoms. The van der Waals surface area contributed by atoms with E-state index < -0.39 is 10.0 Å². The third kappa shape index (κ3) is 3.50. The lowest BCUT2D eigenvalue weighted by Crippen LogP contribution is -2.31. The number of benzene rings is 2. The van der Waals surface area contributed by atoms with Crippen molar-refractivity contribution in [1.82, 2.24) is 9.29 Å². The van der Waals surface area contributed by atoms with Crippen LogP contribution in [0.25, 0.3) is 10.9 Å². The Morgan fingerprint density at radius 3 is 2.52 bits per heavy atom. The molecule has 0 aliphatic carbocycles. The normalized spacial score (nSPS) is 18.1. The minimum absolute atomic E-state index is 0.0548. The topological polar surface area (TPSA) is 59.5 Å². The fourth-order valence-electron chi connectivity index (χ4n) is 3.22. The molecule has 0 bridgehead atoms. The molecule has 0 radical (unpaired) electrons. The Bertz CT molecular complexity index is 1080. The van der Waals surface area contributed by atoms with Crippen LogP contribution in [-0.2, 0) is 10.0 Å². The summed E-state index contributed by atoms with van der Waals surface area (Å²) in [5.41, 5.74) is 0.760. The molecule has 8 heteroatoms. The third-order valence-corrected chi connectivity index (χ3v) is 7.34. The van der Waals surface area contributed by atoms with Gasteiger partial charge in [-0.3, -0.25) is 4.98 Å². The van der Waals surface area contributed by atoms with E-state index in [1.54, 1.807) is 12.3 Å². The van der Waals surface area contributed by atoms with Crippen LogP contribution in [0.5, 0.6) is 5.75 Å². The number of hydrogen-bond acceptors (Lipinski definition) is 4. The minimum Gasteiger partial charge on any atom is -0.487 e. The van der Waals surface area contributed by atoms with E-state index in [2.05, 4.69) is 4.98 Å². The summed E-state index contributed by atoms with van der Waals surface area (Å²) in [6, 6.07) is 14.2. The van der Waals surface area contributed by atoms with Gasteiger partial charge in [0.05, 0.1) is 16.6 Å². The summed E-state index contributed by atoms with van der Waals surface area (Å²) in [5.74, 6) is 0.646. The number of aromatic nitrogens is 1. The van der Waals surface area contributed by atoms with E-state index in [-0.39, 0.29) is 27.6 Å². The lowest BCUT2D eigenvalue weighted by atomic mass is 10.2. The molecule has 0 spiro atoms. The van der Waals surface area contributed by atoms with Gasteiger partial charge < -0.3 is 4.74 Å². The SMILES string of the molecule is O=S(=O)(c1c(Cl)cccc1Cl)N1CCC(Oc2cccc3cccnc23)C1. The molecule has 1 aromatic heterocycles. The first-order valence-electron chi connectivity index (χ1n) is 8.41. The van der Waals surface area contributed by atoms with Crippen molar-refractivity contribution in [3.63, 3.8) is 0 Å². The van der Waals surface area contributed by atoms with Crippen molar-refractivity contribution in [2.24, 2.45) is 0 Å². The highest BCUT2D eigenvalue weighted by atomic mass is 35.5. The van der Waals surface area contributed by atoms with E-state index in [0.717, 1.165) is 10.9 Å². The summed E-state index contributed by atoms with van der Waals surface area (Å²) in [5, 5.41) is 1.20. The summed E-state index contributed by atoms with van der Waals surface area (Å²) in [6.45, 7) is 0.569. The summed E-state index contributed by atoms with van der Waals surface area (Å²) in [6.07, 6.45) is 2.01. The number of pyridine rings is 1. The molecule has 5 nitrogen and oxygen atoms in total. The summed E-state index contributed by atoms with van der Waals surface area (Å²) < 4.78 is 33.4. The maximum atomic E-state index is 13.0. The van der Waals surface area contributed by atoms with Crippen LogP contribution >= 0.6 is 23.2 Å². The first-order chi connectivity index (χ1) is 13.0. The number of halogens is 2. The van der Waals surface area contributed by atoms with Crippen LogP contribution in [0, 0.1) is 0 Å². The summed E-state index contributed by atoms with van der Waals surface area (Å²) in [7, 11) is -3.79. The number of para-hydroxylation sites is 1. The van der Waals surface area contributed by atoms with Gasteiger partial charge in [0, 0.05) is 18.1 Å². The largest absolute Gasteiger partial charge is 0.487 e. The van der Waals surface area contributed by atoms with E-state index in [0.29, 0.717) is 18.7 Å². The molecule has 2 heterocycles. The van der Waals surface area contributed by atoms with E-state index in [1.165, 1.54) is 16.4 Å². The molecular weight excluding hydrogens is 407 g/mol. The van der Waals surface area contributed by atoms with Crippen molar-refractivity contribution in [3.05, 3.63) is 64.8 Å². The van der Waals surface area contributed by atoms with E-state index >= 15 is 0 Å². The van der Waals surface area contributed by atoms with Crippen molar-refractivity contribution in [3.8, 4) is 5.75 Å². The Hall–Kier alpha value is -1.86. The molecule has 3 aromatic rings. The molecule has 1 aliphatic rings. The summed E-state index contributed by atoms with van der Waals surface area (Å²) in [4.78, 5) is 4.32. The first-order valence-corrected chi connectivity index (χ1v) is 10.6. The Kier molecular flexibility index (Phi) is 4.99. The predicted molar refractivity (Wildman–Crippen MR) is 106 cm³/mol. The molecule has 0 saturated carbocycles. The van der Waals surface area contributed by atoms with Gasteiger partial charge in [-0.05, 0) is 30.7 Å². The molecule has 2 aromatic carbocycles. The molecule has 0 N–H and O–H groups in total. The molecule has 140 valence electrons. The molecule has 0 amide bonds. The van der Waals surface area contributed by atoms with Gasteiger partial charge in [0.25, 0.3) is 0 Å². The fraction of sp³-hybridized carbons (Fsp3) is 0.211. The van der Waals surface area contributed by atoms with Crippen LogP contribution in [0.4, 0.5) is 0 Å². The second-order valence-electron chi connectivity index (χ2n) is 6.27. The number of fused-ring (bicyclic) bond motifs is 1. The Balaban J connectivity index is 1.57. The molecule has 1 fully saturated rings. The smallest absolute Gasteiger partial charge is 0.246 e. The lowest BCUT2D eigenvalue weighted by Gasteiger charge is -2.19. The number of hydrogen-bond donors (Lipinski definition) is 0. The zero-order chi connectivity index (χ0) is 19.0. The number of ether oxygens (including phenoxy) is 1. The maximum Gasteiger partial charge on any atom is 0.246 e. The van der Waals surface area contributed by atoms with Gasteiger partial charge in [-0.2, -0.15) is 4.31 Å².